The van der Waals surface area contributed by atoms with Crippen LogP contribution in [0.15, 0.2) is 66.4 Å². The summed E-state index contributed by atoms with van der Waals surface area (Å²) >= 11 is 0. The molecule has 6 nitrogen and oxygen atoms in total. The van der Waals surface area contributed by atoms with Gasteiger partial charge in [-0.05, 0) is 19.1 Å². The van der Waals surface area contributed by atoms with Gasteiger partial charge in [0.1, 0.15) is 12.4 Å². The number of benzene rings is 2. The summed E-state index contributed by atoms with van der Waals surface area (Å²) < 4.78 is 15.4. The van der Waals surface area contributed by atoms with E-state index in [0.717, 1.165) is 0 Å². The van der Waals surface area contributed by atoms with Gasteiger partial charge in [0.2, 0.25) is 0 Å². The molecule has 1 unspecified atom stereocenters. The molecule has 2 rings (SSSR count). The molecule has 0 aliphatic heterocycles. The minimum Gasteiger partial charge on any atom is -0.504 e. The molecule has 148 valence electrons. The molecule has 0 fully saturated rings. The third-order valence-electron chi connectivity index (χ3n) is 3.90. The van der Waals surface area contributed by atoms with Gasteiger partial charge in [-0.15, -0.1) is 0 Å². The van der Waals surface area contributed by atoms with Crippen LogP contribution >= 0.6 is 0 Å². The number of carbonyl (C=O) groups excluding carboxylic acids is 2. The summed E-state index contributed by atoms with van der Waals surface area (Å²) in [6.45, 7) is 1.60. The molecule has 0 aliphatic carbocycles. The number of methoxy groups -OCH3 is 1. The first-order valence-corrected chi connectivity index (χ1v) is 8.89. The van der Waals surface area contributed by atoms with E-state index in [1.54, 1.807) is 55.5 Å². The van der Waals surface area contributed by atoms with Gasteiger partial charge in [0, 0.05) is 12.0 Å². The Balaban J connectivity index is 1.88. The zero-order chi connectivity index (χ0) is 20.4. The maximum atomic E-state index is 12.7. The fourth-order valence-corrected chi connectivity index (χ4v) is 2.42. The minimum atomic E-state index is -0.848. The van der Waals surface area contributed by atoms with Crippen molar-refractivity contribution in [3.8, 4) is 5.75 Å². The van der Waals surface area contributed by atoms with Gasteiger partial charge >= 0.3 is 5.97 Å². The van der Waals surface area contributed by atoms with Gasteiger partial charge in [0.25, 0.3) is 0 Å². The van der Waals surface area contributed by atoms with Crippen LogP contribution in [0, 0.1) is 0 Å². The zero-order valence-corrected chi connectivity index (χ0v) is 16.0. The highest BCUT2D eigenvalue weighted by atomic mass is 16.5. The molecule has 2 aromatic carbocycles. The fourth-order valence-electron chi connectivity index (χ4n) is 2.42. The summed E-state index contributed by atoms with van der Waals surface area (Å²) in [4.78, 5) is 24.3. The maximum absolute atomic E-state index is 12.7. The van der Waals surface area contributed by atoms with Gasteiger partial charge in [0.15, 0.2) is 5.78 Å². The number of ether oxygens (including phenoxy) is 3. The molecule has 0 heterocycles. The SMILES string of the molecule is CO/C=C(\C)C(=O)OCCC(O)COc1ccccc1C(=O)c1ccccc1. The first kappa shape index (κ1) is 21.2. The number of aliphatic hydroxyl groups excluding tert-OH is 1. The molecule has 0 radical (unpaired) electrons. The first-order valence-electron chi connectivity index (χ1n) is 8.89. The Morgan fingerprint density at radius 2 is 1.75 bits per heavy atom. The van der Waals surface area contributed by atoms with Crippen LogP contribution in [0.2, 0.25) is 0 Å². The topological polar surface area (TPSA) is 82.1 Å². The Hall–Kier alpha value is -3.12. The summed E-state index contributed by atoms with van der Waals surface area (Å²) in [5, 5.41) is 10.1. The van der Waals surface area contributed by atoms with Crippen LogP contribution < -0.4 is 4.74 Å². The molecular formula is C22H24O6. The van der Waals surface area contributed by atoms with Crippen molar-refractivity contribution in [3.05, 3.63) is 77.6 Å². The van der Waals surface area contributed by atoms with E-state index in [0.29, 0.717) is 22.4 Å². The van der Waals surface area contributed by atoms with Gasteiger partial charge < -0.3 is 19.3 Å². The molecule has 0 saturated heterocycles. The molecule has 0 amide bonds. The van der Waals surface area contributed by atoms with E-state index < -0.39 is 12.1 Å². The summed E-state index contributed by atoms with van der Waals surface area (Å²) in [5.41, 5.74) is 1.32. The van der Waals surface area contributed by atoms with Gasteiger partial charge in [-0.25, -0.2) is 4.79 Å². The Morgan fingerprint density at radius 3 is 2.46 bits per heavy atom. The molecule has 0 saturated carbocycles. The van der Waals surface area contributed by atoms with Crippen molar-refractivity contribution in [3.63, 3.8) is 0 Å². The van der Waals surface area contributed by atoms with Gasteiger partial charge in [0.05, 0.1) is 37.2 Å². The Labute approximate surface area is 164 Å². The fraction of sp³-hybridized carbons (Fsp3) is 0.273. The summed E-state index contributed by atoms with van der Waals surface area (Å²) in [6, 6.07) is 15.8. The number of esters is 1. The third kappa shape index (κ3) is 6.25. The predicted molar refractivity (Wildman–Crippen MR) is 104 cm³/mol. The van der Waals surface area contributed by atoms with Gasteiger partial charge in [-0.1, -0.05) is 42.5 Å². The minimum absolute atomic E-state index is 0.0243. The summed E-state index contributed by atoms with van der Waals surface area (Å²) in [7, 11) is 1.44. The van der Waals surface area contributed by atoms with Crippen LogP contribution in [0.25, 0.3) is 0 Å². The van der Waals surface area contributed by atoms with E-state index in [1.165, 1.54) is 13.4 Å². The number of ketones is 1. The lowest BCUT2D eigenvalue weighted by atomic mass is 10.0. The number of para-hydroxylation sites is 1. The Kier molecular flexibility index (Phi) is 8.24. The molecule has 0 bridgehead atoms. The second-order valence-corrected chi connectivity index (χ2v) is 6.12. The lowest BCUT2D eigenvalue weighted by Gasteiger charge is -2.15. The predicted octanol–water partition coefficient (Wildman–Crippen LogP) is 3.14. The molecule has 0 aliphatic rings. The van der Waals surface area contributed by atoms with E-state index in [-0.39, 0.29) is 25.4 Å². The lowest BCUT2D eigenvalue weighted by Crippen LogP contribution is -2.21. The molecule has 1 N–H and O–H groups in total. The van der Waals surface area contributed by atoms with Crippen LogP contribution in [-0.4, -0.2) is 43.3 Å². The van der Waals surface area contributed by atoms with E-state index in [2.05, 4.69) is 0 Å². The van der Waals surface area contributed by atoms with Crippen molar-refractivity contribution in [1.82, 2.24) is 0 Å². The first-order chi connectivity index (χ1) is 13.5. The smallest absolute Gasteiger partial charge is 0.336 e. The molecule has 6 heteroatoms. The van der Waals surface area contributed by atoms with Crippen molar-refractivity contribution in [2.45, 2.75) is 19.4 Å². The van der Waals surface area contributed by atoms with E-state index >= 15 is 0 Å². The standard InChI is InChI=1S/C22H24O6/c1-16(14-26-2)22(25)27-13-12-18(23)15-28-20-11-7-6-10-19(20)21(24)17-8-4-3-5-9-17/h3-11,14,18,23H,12-13,15H2,1-2H3/b16-14+. The normalized spacial score (nSPS) is 12.2. The maximum Gasteiger partial charge on any atom is 0.336 e. The van der Waals surface area contributed by atoms with Crippen molar-refractivity contribution >= 4 is 11.8 Å². The van der Waals surface area contributed by atoms with Crippen molar-refractivity contribution in [2.75, 3.05) is 20.3 Å². The van der Waals surface area contributed by atoms with E-state index in [1.807, 2.05) is 6.07 Å². The molecule has 1 atom stereocenters. The van der Waals surface area contributed by atoms with Crippen LogP contribution in [0.3, 0.4) is 0 Å². The van der Waals surface area contributed by atoms with E-state index in [9.17, 15) is 14.7 Å². The van der Waals surface area contributed by atoms with Crippen LogP contribution in [0.4, 0.5) is 0 Å². The number of carbonyl (C=O) groups is 2. The van der Waals surface area contributed by atoms with Gasteiger partial charge in [-0.2, -0.15) is 0 Å². The Morgan fingerprint density at radius 1 is 1.07 bits per heavy atom. The monoisotopic (exact) mass is 384 g/mol. The second-order valence-electron chi connectivity index (χ2n) is 6.12. The highest BCUT2D eigenvalue weighted by Gasteiger charge is 2.15. The summed E-state index contributed by atoms with van der Waals surface area (Å²) in [5.74, 6) is -0.264. The highest BCUT2D eigenvalue weighted by molar-refractivity contribution is 6.10. The molecule has 0 spiro atoms. The second kappa shape index (κ2) is 10.9. The number of hydrogen-bond donors (Lipinski definition) is 1. The third-order valence-corrected chi connectivity index (χ3v) is 3.90. The zero-order valence-electron chi connectivity index (χ0n) is 16.0. The quantitative estimate of drug-likeness (QED) is 0.293. The van der Waals surface area contributed by atoms with Crippen LogP contribution in [0.1, 0.15) is 29.3 Å². The van der Waals surface area contributed by atoms with Crippen LogP contribution in [-0.2, 0) is 14.3 Å². The average molecular weight is 384 g/mol. The highest BCUT2D eigenvalue weighted by Crippen LogP contribution is 2.22. The molecular weight excluding hydrogens is 360 g/mol. The van der Waals surface area contributed by atoms with Crippen molar-refractivity contribution in [1.29, 1.82) is 0 Å². The number of rotatable bonds is 10. The number of hydrogen-bond acceptors (Lipinski definition) is 6. The van der Waals surface area contributed by atoms with Crippen LogP contribution in [0.5, 0.6) is 5.75 Å². The van der Waals surface area contributed by atoms with E-state index in [4.69, 9.17) is 14.2 Å². The largest absolute Gasteiger partial charge is 0.504 e. The summed E-state index contributed by atoms with van der Waals surface area (Å²) in [6.07, 6.45) is 0.656. The van der Waals surface area contributed by atoms with Crippen molar-refractivity contribution in [2.24, 2.45) is 0 Å². The Bertz CT molecular complexity index is 813. The molecule has 0 aromatic heterocycles. The molecule has 28 heavy (non-hydrogen) atoms. The average Bonchev–Trinajstić information content (AvgIpc) is 2.72. The van der Waals surface area contributed by atoms with Gasteiger partial charge in [-0.3, -0.25) is 4.79 Å². The molecule has 2 aromatic rings. The lowest BCUT2D eigenvalue weighted by molar-refractivity contribution is -0.139. The number of aliphatic hydroxyl groups is 1. The van der Waals surface area contributed by atoms with Crippen molar-refractivity contribution < 1.29 is 28.9 Å².